The molecule has 0 spiro atoms. The lowest BCUT2D eigenvalue weighted by Gasteiger charge is -2.28. The number of benzene rings is 1. The van der Waals surface area contributed by atoms with Crippen molar-refractivity contribution in [2.45, 2.75) is 19.9 Å². The predicted molar refractivity (Wildman–Crippen MR) is 80.5 cm³/mol. The molecule has 0 amide bonds. The van der Waals surface area contributed by atoms with E-state index >= 15 is 0 Å². The fraction of sp³-hybridized carbons (Fsp3) is 0.250. The van der Waals surface area contributed by atoms with Gasteiger partial charge >= 0.3 is 5.97 Å². The lowest BCUT2D eigenvalue weighted by Crippen LogP contribution is -2.31. The SMILES string of the molecule is C=CCN(c1ccc(/C=C/C(=O)O)cc1C#N)C(C)C. The molecule has 104 valence electrons. The first-order chi connectivity index (χ1) is 9.49. The fourth-order valence-corrected chi connectivity index (χ4v) is 1.89. The summed E-state index contributed by atoms with van der Waals surface area (Å²) in [6.07, 6.45) is 4.32. The Morgan fingerprint density at radius 2 is 2.25 bits per heavy atom. The van der Waals surface area contributed by atoms with Gasteiger partial charge in [-0.05, 0) is 37.6 Å². The number of hydrogen-bond donors (Lipinski definition) is 1. The van der Waals surface area contributed by atoms with Gasteiger partial charge in [0, 0.05) is 18.7 Å². The van der Waals surface area contributed by atoms with Crippen LogP contribution in [0, 0.1) is 11.3 Å². The first-order valence-corrected chi connectivity index (χ1v) is 6.32. The zero-order valence-electron chi connectivity index (χ0n) is 11.7. The van der Waals surface area contributed by atoms with Gasteiger partial charge in [-0.15, -0.1) is 6.58 Å². The van der Waals surface area contributed by atoms with E-state index in [0.717, 1.165) is 11.8 Å². The zero-order valence-corrected chi connectivity index (χ0v) is 11.7. The Morgan fingerprint density at radius 3 is 2.75 bits per heavy atom. The Bertz CT molecular complexity index is 568. The van der Waals surface area contributed by atoms with Crippen molar-refractivity contribution < 1.29 is 9.90 Å². The standard InChI is InChI=1S/C16H18N2O2/c1-4-9-18(12(2)3)15-7-5-13(6-8-16(19)20)10-14(15)11-17/h4-8,10,12H,1,9H2,2-3H3,(H,19,20)/b8-6+. The van der Waals surface area contributed by atoms with Gasteiger partial charge in [0.15, 0.2) is 0 Å². The molecular weight excluding hydrogens is 252 g/mol. The van der Waals surface area contributed by atoms with Gasteiger partial charge in [-0.2, -0.15) is 5.26 Å². The molecule has 0 aromatic heterocycles. The number of rotatable bonds is 6. The maximum atomic E-state index is 10.5. The number of aliphatic carboxylic acids is 1. The molecule has 20 heavy (non-hydrogen) atoms. The van der Waals surface area contributed by atoms with E-state index < -0.39 is 5.97 Å². The summed E-state index contributed by atoms with van der Waals surface area (Å²) in [6, 6.07) is 7.72. The Kier molecular flexibility index (Phi) is 5.55. The molecular formula is C16H18N2O2. The second kappa shape index (κ2) is 7.15. The first kappa shape index (κ1) is 15.5. The molecule has 0 bridgehead atoms. The molecule has 0 unspecified atom stereocenters. The van der Waals surface area contributed by atoms with Crippen LogP contribution in [0.4, 0.5) is 5.69 Å². The Hall–Kier alpha value is -2.54. The lowest BCUT2D eigenvalue weighted by atomic mass is 10.1. The highest BCUT2D eigenvalue weighted by Crippen LogP contribution is 2.24. The monoisotopic (exact) mass is 270 g/mol. The first-order valence-electron chi connectivity index (χ1n) is 6.32. The number of hydrogen-bond acceptors (Lipinski definition) is 3. The largest absolute Gasteiger partial charge is 0.478 e. The molecule has 0 aliphatic heterocycles. The van der Waals surface area contributed by atoms with Gasteiger partial charge in [-0.3, -0.25) is 0 Å². The average Bonchev–Trinajstić information content (AvgIpc) is 2.42. The van der Waals surface area contributed by atoms with Crippen LogP contribution in [0.25, 0.3) is 6.08 Å². The average molecular weight is 270 g/mol. The van der Waals surface area contributed by atoms with Gasteiger partial charge < -0.3 is 10.0 Å². The minimum Gasteiger partial charge on any atom is -0.478 e. The molecule has 0 aliphatic carbocycles. The third-order valence-corrected chi connectivity index (χ3v) is 2.82. The van der Waals surface area contributed by atoms with Gasteiger partial charge in [0.25, 0.3) is 0 Å². The van der Waals surface area contributed by atoms with Gasteiger partial charge in [-0.1, -0.05) is 12.1 Å². The number of anilines is 1. The lowest BCUT2D eigenvalue weighted by molar-refractivity contribution is -0.131. The Labute approximate surface area is 119 Å². The van der Waals surface area contributed by atoms with E-state index in [1.807, 2.05) is 19.9 Å². The summed E-state index contributed by atoms with van der Waals surface area (Å²) in [5.41, 5.74) is 2.04. The molecule has 4 heteroatoms. The quantitative estimate of drug-likeness (QED) is 0.637. The highest BCUT2D eigenvalue weighted by Gasteiger charge is 2.13. The van der Waals surface area contributed by atoms with Crippen LogP contribution in [0.15, 0.2) is 36.9 Å². The van der Waals surface area contributed by atoms with E-state index in [-0.39, 0.29) is 6.04 Å². The molecule has 0 fully saturated rings. The van der Waals surface area contributed by atoms with Crippen molar-refractivity contribution in [3.8, 4) is 6.07 Å². The highest BCUT2D eigenvalue weighted by atomic mass is 16.4. The molecule has 1 N–H and O–H groups in total. The molecule has 1 aromatic rings. The van der Waals surface area contributed by atoms with Crippen molar-refractivity contribution in [2.75, 3.05) is 11.4 Å². The van der Waals surface area contributed by atoms with Crippen LogP contribution < -0.4 is 4.90 Å². The summed E-state index contributed by atoms with van der Waals surface area (Å²) >= 11 is 0. The number of nitriles is 1. The van der Waals surface area contributed by atoms with Crippen LogP contribution in [0.1, 0.15) is 25.0 Å². The van der Waals surface area contributed by atoms with Crippen LogP contribution in [0.2, 0.25) is 0 Å². The number of nitrogens with zero attached hydrogens (tertiary/aromatic N) is 2. The Balaban J connectivity index is 3.19. The van der Waals surface area contributed by atoms with Gasteiger partial charge in [0.2, 0.25) is 0 Å². The van der Waals surface area contributed by atoms with Crippen molar-refractivity contribution >= 4 is 17.7 Å². The molecule has 0 aliphatic rings. The Morgan fingerprint density at radius 1 is 1.55 bits per heavy atom. The van der Waals surface area contributed by atoms with Crippen LogP contribution >= 0.6 is 0 Å². The van der Waals surface area contributed by atoms with Crippen molar-refractivity contribution in [1.82, 2.24) is 0 Å². The van der Waals surface area contributed by atoms with Crippen LogP contribution in [-0.4, -0.2) is 23.7 Å². The fourth-order valence-electron chi connectivity index (χ4n) is 1.89. The van der Waals surface area contributed by atoms with Crippen molar-refractivity contribution in [3.63, 3.8) is 0 Å². The van der Waals surface area contributed by atoms with E-state index in [1.165, 1.54) is 6.08 Å². The molecule has 4 nitrogen and oxygen atoms in total. The van der Waals surface area contributed by atoms with E-state index in [1.54, 1.807) is 18.2 Å². The maximum Gasteiger partial charge on any atom is 0.328 e. The summed E-state index contributed by atoms with van der Waals surface area (Å²) in [4.78, 5) is 12.6. The summed E-state index contributed by atoms with van der Waals surface area (Å²) in [5.74, 6) is -1.01. The minimum atomic E-state index is -1.01. The molecule has 0 atom stereocenters. The summed E-state index contributed by atoms with van der Waals surface area (Å²) in [7, 11) is 0. The van der Waals surface area contributed by atoms with E-state index in [2.05, 4.69) is 17.5 Å². The second-order valence-corrected chi connectivity index (χ2v) is 4.59. The molecule has 0 radical (unpaired) electrons. The van der Waals surface area contributed by atoms with Crippen molar-refractivity contribution in [2.24, 2.45) is 0 Å². The summed E-state index contributed by atoms with van der Waals surface area (Å²) in [5, 5.41) is 17.9. The number of carboxylic acids is 1. The zero-order chi connectivity index (χ0) is 15.1. The van der Waals surface area contributed by atoms with Crippen molar-refractivity contribution in [3.05, 3.63) is 48.1 Å². The third-order valence-electron chi connectivity index (χ3n) is 2.82. The highest BCUT2D eigenvalue weighted by molar-refractivity contribution is 5.85. The molecule has 1 aromatic carbocycles. The number of carboxylic acid groups (broad SMARTS) is 1. The topological polar surface area (TPSA) is 64.3 Å². The molecule has 0 saturated carbocycles. The third kappa shape index (κ3) is 3.99. The smallest absolute Gasteiger partial charge is 0.328 e. The van der Waals surface area contributed by atoms with Crippen LogP contribution in [-0.2, 0) is 4.79 Å². The molecule has 1 rings (SSSR count). The van der Waals surface area contributed by atoms with Crippen LogP contribution in [0.5, 0.6) is 0 Å². The second-order valence-electron chi connectivity index (χ2n) is 4.59. The van der Waals surface area contributed by atoms with E-state index in [9.17, 15) is 10.1 Å². The van der Waals surface area contributed by atoms with E-state index in [0.29, 0.717) is 17.7 Å². The maximum absolute atomic E-state index is 10.5. The molecule has 0 heterocycles. The molecule has 0 saturated heterocycles. The van der Waals surface area contributed by atoms with Gasteiger partial charge in [-0.25, -0.2) is 4.79 Å². The van der Waals surface area contributed by atoms with Gasteiger partial charge in [0.05, 0.1) is 11.3 Å². The van der Waals surface area contributed by atoms with Crippen molar-refractivity contribution in [1.29, 1.82) is 5.26 Å². The summed E-state index contributed by atoms with van der Waals surface area (Å²) in [6.45, 7) is 8.47. The van der Waals surface area contributed by atoms with E-state index in [4.69, 9.17) is 5.11 Å². The number of carbonyl (C=O) groups is 1. The van der Waals surface area contributed by atoms with Crippen LogP contribution in [0.3, 0.4) is 0 Å². The minimum absolute atomic E-state index is 0.237. The summed E-state index contributed by atoms with van der Waals surface area (Å²) < 4.78 is 0. The predicted octanol–water partition coefficient (Wildman–Crippen LogP) is 3.06. The normalized spacial score (nSPS) is 10.5. The van der Waals surface area contributed by atoms with Gasteiger partial charge in [0.1, 0.15) is 6.07 Å².